The minimum Gasteiger partial charge on any atom is -0.469 e. The average molecular weight is 281 g/mol. The Hall–Kier alpha value is -1.43. The van der Waals surface area contributed by atoms with Gasteiger partial charge in [0.15, 0.2) is 0 Å². The van der Waals surface area contributed by atoms with Gasteiger partial charge in [-0.15, -0.1) is 0 Å². The van der Waals surface area contributed by atoms with Gasteiger partial charge in [0.1, 0.15) is 0 Å². The maximum atomic E-state index is 11.3. The zero-order valence-electron chi connectivity index (χ0n) is 11.9. The number of nitrogens with one attached hydrogen (secondary N) is 1. The Morgan fingerprint density at radius 2 is 2.00 bits per heavy atom. The normalized spacial score (nSPS) is 10.5. The number of rotatable bonds is 10. The summed E-state index contributed by atoms with van der Waals surface area (Å²) in [6.45, 7) is 2.64. The molecule has 2 N–H and O–H groups in total. The number of hydrogen-bond donors (Lipinski definition) is 2. The smallest absolute Gasteiger partial charge is 0.309 e. The number of benzene rings is 1. The molecule has 0 aliphatic carbocycles. The molecule has 0 unspecified atom stereocenters. The summed E-state index contributed by atoms with van der Waals surface area (Å²) in [5, 5.41) is 11.9. The summed E-state index contributed by atoms with van der Waals surface area (Å²) in [7, 11) is 1.40. The first-order valence-corrected chi connectivity index (χ1v) is 6.81. The number of esters is 1. The van der Waals surface area contributed by atoms with E-state index in [9.17, 15) is 4.79 Å². The van der Waals surface area contributed by atoms with Crippen LogP contribution >= 0.6 is 0 Å². The van der Waals surface area contributed by atoms with E-state index < -0.39 is 0 Å². The van der Waals surface area contributed by atoms with Crippen LogP contribution in [0.2, 0.25) is 0 Å². The molecule has 0 aliphatic heterocycles. The number of carbonyl (C=O) groups excluding carboxylic acids is 1. The van der Waals surface area contributed by atoms with Crippen molar-refractivity contribution >= 4 is 5.97 Å². The van der Waals surface area contributed by atoms with Crippen LogP contribution in [0.4, 0.5) is 0 Å². The molecular formula is C15H23NO4. The SMILES string of the molecule is COC(=O)Cc1ccccc1CNCCCOCCO. The van der Waals surface area contributed by atoms with Crippen molar-refractivity contribution in [2.45, 2.75) is 19.4 Å². The number of aliphatic hydroxyl groups excluding tert-OH is 1. The minimum atomic E-state index is -0.227. The molecule has 0 heterocycles. The van der Waals surface area contributed by atoms with Crippen LogP contribution in [-0.4, -0.2) is 44.6 Å². The Labute approximate surface area is 119 Å². The van der Waals surface area contributed by atoms with E-state index in [0.717, 1.165) is 24.1 Å². The van der Waals surface area contributed by atoms with Gasteiger partial charge in [0.2, 0.25) is 0 Å². The highest BCUT2D eigenvalue weighted by Gasteiger charge is 2.07. The fraction of sp³-hybridized carbons (Fsp3) is 0.533. The lowest BCUT2D eigenvalue weighted by molar-refractivity contribution is -0.139. The van der Waals surface area contributed by atoms with E-state index >= 15 is 0 Å². The zero-order chi connectivity index (χ0) is 14.6. The van der Waals surface area contributed by atoms with Gasteiger partial charge in [0, 0.05) is 13.2 Å². The predicted molar refractivity (Wildman–Crippen MR) is 76.4 cm³/mol. The highest BCUT2D eigenvalue weighted by molar-refractivity contribution is 5.72. The van der Waals surface area contributed by atoms with Crippen LogP contribution in [0.25, 0.3) is 0 Å². The lowest BCUT2D eigenvalue weighted by Crippen LogP contribution is -2.18. The van der Waals surface area contributed by atoms with Gasteiger partial charge in [-0.05, 0) is 24.1 Å². The van der Waals surface area contributed by atoms with Gasteiger partial charge in [0.05, 0.1) is 26.7 Å². The molecule has 1 aromatic carbocycles. The van der Waals surface area contributed by atoms with Gasteiger partial charge in [-0.25, -0.2) is 0 Å². The van der Waals surface area contributed by atoms with Crippen molar-refractivity contribution in [3.05, 3.63) is 35.4 Å². The van der Waals surface area contributed by atoms with E-state index in [0.29, 0.717) is 26.2 Å². The topological polar surface area (TPSA) is 67.8 Å². The first-order valence-electron chi connectivity index (χ1n) is 6.81. The molecule has 5 heteroatoms. The number of ether oxygens (including phenoxy) is 2. The molecule has 0 fully saturated rings. The van der Waals surface area contributed by atoms with Crippen LogP contribution in [0, 0.1) is 0 Å². The van der Waals surface area contributed by atoms with Crippen LogP contribution in [0.1, 0.15) is 17.5 Å². The summed E-state index contributed by atoms with van der Waals surface area (Å²) in [6, 6.07) is 7.83. The molecule has 1 aromatic rings. The number of carbonyl (C=O) groups is 1. The third-order valence-corrected chi connectivity index (χ3v) is 2.87. The highest BCUT2D eigenvalue weighted by atomic mass is 16.5. The third kappa shape index (κ3) is 6.65. The van der Waals surface area contributed by atoms with E-state index in [2.05, 4.69) is 5.32 Å². The van der Waals surface area contributed by atoms with Gasteiger partial charge < -0.3 is 19.9 Å². The summed E-state index contributed by atoms with van der Waals surface area (Å²) in [5.41, 5.74) is 2.09. The van der Waals surface area contributed by atoms with Gasteiger partial charge in [-0.3, -0.25) is 4.79 Å². The fourth-order valence-electron chi connectivity index (χ4n) is 1.82. The lowest BCUT2D eigenvalue weighted by Gasteiger charge is -2.10. The van der Waals surface area contributed by atoms with Crippen molar-refractivity contribution in [1.82, 2.24) is 5.32 Å². The molecule has 5 nitrogen and oxygen atoms in total. The predicted octanol–water partition coefficient (Wildman–Crippen LogP) is 0.891. The van der Waals surface area contributed by atoms with Gasteiger partial charge >= 0.3 is 5.97 Å². The monoisotopic (exact) mass is 281 g/mol. The standard InChI is InChI=1S/C15H23NO4/c1-19-15(18)11-13-5-2-3-6-14(13)12-16-7-4-9-20-10-8-17/h2-3,5-6,16-17H,4,7-12H2,1H3. The Bertz CT molecular complexity index is 395. The molecule has 20 heavy (non-hydrogen) atoms. The van der Waals surface area contributed by atoms with Crippen molar-refractivity contribution in [2.75, 3.05) is 33.5 Å². The van der Waals surface area contributed by atoms with E-state index in [-0.39, 0.29) is 12.6 Å². The molecule has 0 saturated heterocycles. The molecule has 0 aromatic heterocycles. The van der Waals surface area contributed by atoms with Crippen LogP contribution in [-0.2, 0) is 27.2 Å². The molecule has 0 bridgehead atoms. The van der Waals surface area contributed by atoms with E-state index in [1.54, 1.807) is 0 Å². The van der Waals surface area contributed by atoms with Crippen molar-refractivity contribution < 1.29 is 19.4 Å². The molecular weight excluding hydrogens is 258 g/mol. The molecule has 0 spiro atoms. The second kappa shape index (κ2) is 10.4. The van der Waals surface area contributed by atoms with Gasteiger partial charge in [0.25, 0.3) is 0 Å². The number of aliphatic hydroxyl groups is 1. The molecule has 0 aliphatic rings. The molecule has 0 atom stereocenters. The summed E-state index contributed by atoms with van der Waals surface area (Å²) in [6.07, 6.45) is 1.19. The minimum absolute atomic E-state index is 0.0638. The van der Waals surface area contributed by atoms with Crippen LogP contribution in [0.15, 0.2) is 24.3 Å². The van der Waals surface area contributed by atoms with E-state index in [1.165, 1.54) is 7.11 Å². The summed E-state index contributed by atoms with van der Waals surface area (Å²) >= 11 is 0. The molecule has 1 rings (SSSR count). The van der Waals surface area contributed by atoms with Crippen LogP contribution in [0.5, 0.6) is 0 Å². The summed E-state index contributed by atoms with van der Waals surface area (Å²) in [4.78, 5) is 11.3. The van der Waals surface area contributed by atoms with Crippen molar-refractivity contribution in [1.29, 1.82) is 0 Å². The van der Waals surface area contributed by atoms with E-state index in [1.807, 2.05) is 24.3 Å². The summed E-state index contributed by atoms with van der Waals surface area (Å²) < 4.78 is 9.87. The average Bonchev–Trinajstić information content (AvgIpc) is 2.47. The van der Waals surface area contributed by atoms with Crippen LogP contribution in [0.3, 0.4) is 0 Å². The Kier molecular flexibility index (Phi) is 8.62. The van der Waals surface area contributed by atoms with Crippen LogP contribution < -0.4 is 5.32 Å². The fourth-order valence-corrected chi connectivity index (χ4v) is 1.82. The maximum absolute atomic E-state index is 11.3. The third-order valence-electron chi connectivity index (χ3n) is 2.87. The molecule has 0 radical (unpaired) electrons. The van der Waals surface area contributed by atoms with Crippen molar-refractivity contribution in [3.63, 3.8) is 0 Å². The molecule has 0 amide bonds. The largest absolute Gasteiger partial charge is 0.469 e. The Morgan fingerprint density at radius 1 is 1.25 bits per heavy atom. The molecule has 0 saturated carbocycles. The quantitative estimate of drug-likeness (QED) is 0.492. The first-order chi connectivity index (χ1) is 9.77. The number of methoxy groups -OCH3 is 1. The maximum Gasteiger partial charge on any atom is 0.309 e. The van der Waals surface area contributed by atoms with E-state index in [4.69, 9.17) is 14.6 Å². The van der Waals surface area contributed by atoms with Crippen molar-refractivity contribution in [3.8, 4) is 0 Å². The van der Waals surface area contributed by atoms with Crippen molar-refractivity contribution in [2.24, 2.45) is 0 Å². The first kappa shape index (κ1) is 16.6. The van der Waals surface area contributed by atoms with Gasteiger partial charge in [-0.2, -0.15) is 0 Å². The molecule has 112 valence electrons. The highest BCUT2D eigenvalue weighted by Crippen LogP contribution is 2.10. The second-order valence-corrected chi connectivity index (χ2v) is 4.39. The number of hydrogen-bond acceptors (Lipinski definition) is 5. The Morgan fingerprint density at radius 3 is 2.70 bits per heavy atom. The summed E-state index contributed by atoms with van der Waals surface area (Å²) in [5.74, 6) is -0.227. The van der Waals surface area contributed by atoms with Gasteiger partial charge in [-0.1, -0.05) is 24.3 Å². The zero-order valence-corrected chi connectivity index (χ0v) is 11.9. The lowest BCUT2D eigenvalue weighted by atomic mass is 10.0. The second-order valence-electron chi connectivity index (χ2n) is 4.39. The Balaban J connectivity index is 2.30.